The predicted octanol–water partition coefficient (Wildman–Crippen LogP) is 1.68. The Kier molecular flexibility index (Phi) is 8.53. The molecule has 1 saturated heterocycles. The minimum atomic E-state index is -2.90. The Bertz CT molecular complexity index is 616. The summed E-state index contributed by atoms with van der Waals surface area (Å²) in [5.41, 5.74) is 0.514. The van der Waals surface area contributed by atoms with E-state index in [1.807, 2.05) is 6.92 Å². The zero-order valence-corrected chi connectivity index (χ0v) is 16.0. The molecule has 0 radical (unpaired) electrons. The van der Waals surface area contributed by atoms with Gasteiger partial charge in [0.25, 0.3) is 0 Å². The lowest BCUT2D eigenvalue weighted by atomic mass is 10.2. The molecule has 0 aromatic heterocycles. The second kappa shape index (κ2) is 10.9. The number of benzene rings is 1. The van der Waals surface area contributed by atoms with Gasteiger partial charge in [0.05, 0.1) is 26.4 Å². The van der Waals surface area contributed by atoms with E-state index < -0.39 is 6.61 Å². The highest BCUT2D eigenvalue weighted by Crippen LogP contribution is 2.26. The van der Waals surface area contributed by atoms with Crippen molar-refractivity contribution in [1.29, 1.82) is 0 Å². The largest absolute Gasteiger partial charge is 0.497 e. The second-order valence-electron chi connectivity index (χ2n) is 6.18. The number of halogens is 2. The van der Waals surface area contributed by atoms with Crippen molar-refractivity contribution in [3.05, 3.63) is 23.8 Å². The zero-order valence-electron chi connectivity index (χ0n) is 16.0. The van der Waals surface area contributed by atoms with Crippen molar-refractivity contribution < 1.29 is 23.0 Å². The molecular weight excluding hydrogens is 358 g/mol. The maximum atomic E-state index is 12.6. The van der Waals surface area contributed by atoms with Gasteiger partial charge in [0, 0.05) is 31.7 Å². The number of ether oxygens (including phenoxy) is 3. The summed E-state index contributed by atoms with van der Waals surface area (Å²) in [4.78, 5) is 6.69. The summed E-state index contributed by atoms with van der Waals surface area (Å²) >= 11 is 0. The molecule has 0 saturated carbocycles. The summed E-state index contributed by atoms with van der Waals surface area (Å²) in [6.07, 6.45) is 0.0714. The number of nitrogens with zero attached hydrogens (tertiary/aromatic N) is 2. The highest BCUT2D eigenvalue weighted by molar-refractivity contribution is 5.79. The summed E-state index contributed by atoms with van der Waals surface area (Å²) in [5, 5.41) is 6.38. The van der Waals surface area contributed by atoms with Crippen LogP contribution in [0.3, 0.4) is 0 Å². The number of guanidine groups is 1. The SMILES string of the molecule is CCNC(=NCc1cc(OC)ccc1OC(F)F)NCC1CN(C)CCO1. The molecule has 1 aliphatic rings. The van der Waals surface area contributed by atoms with Crippen molar-refractivity contribution in [2.24, 2.45) is 4.99 Å². The van der Waals surface area contributed by atoms with Crippen molar-refractivity contribution in [2.45, 2.75) is 26.2 Å². The van der Waals surface area contributed by atoms with Crippen LogP contribution in [0.15, 0.2) is 23.2 Å². The quantitative estimate of drug-likeness (QED) is 0.524. The normalized spacial score (nSPS) is 18.4. The summed E-state index contributed by atoms with van der Waals surface area (Å²) < 4.78 is 40.7. The molecule has 1 aliphatic heterocycles. The van der Waals surface area contributed by atoms with Gasteiger partial charge in [-0.3, -0.25) is 0 Å². The number of morpholine rings is 1. The Hall–Kier alpha value is -2.13. The van der Waals surface area contributed by atoms with Gasteiger partial charge in [-0.25, -0.2) is 4.99 Å². The van der Waals surface area contributed by atoms with E-state index in [1.165, 1.54) is 13.2 Å². The Morgan fingerprint density at radius 1 is 1.41 bits per heavy atom. The van der Waals surface area contributed by atoms with Gasteiger partial charge < -0.3 is 29.7 Å². The van der Waals surface area contributed by atoms with Crippen molar-refractivity contribution >= 4 is 5.96 Å². The highest BCUT2D eigenvalue weighted by Gasteiger charge is 2.18. The molecule has 9 heteroatoms. The van der Waals surface area contributed by atoms with Crippen molar-refractivity contribution in [2.75, 3.05) is 46.9 Å². The molecule has 1 aromatic rings. The molecule has 1 heterocycles. The van der Waals surface area contributed by atoms with Crippen LogP contribution in [0.4, 0.5) is 8.78 Å². The maximum Gasteiger partial charge on any atom is 0.387 e. The van der Waals surface area contributed by atoms with Gasteiger partial charge in [-0.2, -0.15) is 8.78 Å². The molecule has 27 heavy (non-hydrogen) atoms. The molecule has 0 bridgehead atoms. The van der Waals surface area contributed by atoms with Gasteiger partial charge in [-0.05, 0) is 32.2 Å². The molecular formula is C18H28F2N4O3. The van der Waals surface area contributed by atoms with Gasteiger partial charge in [-0.1, -0.05) is 0 Å². The molecule has 1 fully saturated rings. The first-order chi connectivity index (χ1) is 13.0. The number of alkyl halides is 2. The zero-order chi connectivity index (χ0) is 19.6. The van der Waals surface area contributed by atoms with E-state index in [0.29, 0.717) is 37.0 Å². The van der Waals surface area contributed by atoms with Crippen molar-refractivity contribution in [3.8, 4) is 11.5 Å². The number of nitrogens with one attached hydrogen (secondary N) is 2. The van der Waals surface area contributed by atoms with Crippen LogP contribution in [0.25, 0.3) is 0 Å². The van der Waals surface area contributed by atoms with E-state index in [-0.39, 0.29) is 18.4 Å². The predicted molar refractivity (Wildman–Crippen MR) is 99.7 cm³/mol. The molecule has 0 spiro atoms. The van der Waals surface area contributed by atoms with E-state index in [0.717, 1.165) is 13.1 Å². The van der Waals surface area contributed by atoms with Gasteiger partial charge in [0.1, 0.15) is 11.5 Å². The van der Waals surface area contributed by atoms with E-state index >= 15 is 0 Å². The summed E-state index contributed by atoms with van der Waals surface area (Å²) in [7, 11) is 3.57. The first kappa shape index (κ1) is 21.2. The van der Waals surface area contributed by atoms with E-state index in [4.69, 9.17) is 9.47 Å². The molecule has 152 valence electrons. The molecule has 0 aliphatic carbocycles. The number of aliphatic imine (C=N–C) groups is 1. The van der Waals surface area contributed by atoms with Gasteiger partial charge in [0.15, 0.2) is 5.96 Å². The first-order valence-corrected chi connectivity index (χ1v) is 8.95. The first-order valence-electron chi connectivity index (χ1n) is 8.95. The minimum Gasteiger partial charge on any atom is -0.497 e. The molecule has 1 unspecified atom stereocenters. The maximum absolute atomic E-state index is 12.6. The summed E-state index contributed by atoms with van der Waals surface area (Å²) in [6, 6.07) is 4.68. The molecule has 1 aromatic carbocycles. The van der Waals surface area contributed by atoms with Crippen molar-refractivity contribution in [3.63, 3.8) is 0 Å². The van der Waals surface area contributed by atoms with Crippen molar-refractivity contribution in [1.82, 2.24) is 15.5 Å². The second-order valence-corrected chi connectivity index (χ2v) is 6.18. The van der Waals surface area contributed by atoms with Crippen LogP contribution in [0.5, 0.6) is 11.5 Å². The fourth-order valence-corrected chi connectivity index (χ4v) is 2.72. The number of rotatable bonds is 8. The van der Waals surface area contributed by atoms with Crippen LogP contribution in [0, 0.1) is 0 Å². The molecule has 1 atom stereocenters. The van der Waals surface area contributed by atoms with E-state index in [1.54, 1.807) is 12.1 Å². The number of methoxy groups -OCH3 is 1. The number of likely N-dealkylation sites (N-methyl/N-ethyl adjacent to an activating group) is 1. The van der Waals surface area contributed by atoms with Gasteiger partial charge in [-0.15, -0.1) is 0 Å². The van der Waals surface area contributed by atoms with Crippen LogP contribution in [0.1, 0.15) is 12.5 Å². The Morgan fingerprint density at radius 3 is 2.89 bits per heavy atom. The fraction of sp³-hybridized carbons (Fsp3) is 0.611. The van der Waals surface area contributed by atoms with Crippen LogP contribution >= 0.6 is 0 Å². The molecule has 0 amide bonds. The van der Waals surface area contributed by atoms with Gasteiger partial charge in [0.2, 0.25) is 0 Å². The molecule has 2 rings (SSSR count). The molecule has 2 N–H and O–H groups in total. The summed E-state index contributed by atoms with van der Waals surface area (Å²) in [5.74, 6) is 1.22. The third kappa shape index (κ3) is 7.18. The lowest BCUT2D eigenvalue weighted by Gasteiger charge is -2.30. The Labute approximate surface area is 158 Å². The third-order valence-corrected chi connectivity index (χ3v) is 4.07. The van der Waals surface area contributed by atoms with E-state index in [9.17, 15) is 8.78 Å². The highest BCUT2D eigenvalue weighted by atomic mass is 19.3. The monoisotopic (exact) mass is 386 g/mol. The summed E-state index contributed by atoms with van der Waals surface area (Å²) in [6.45, 7) is 2.98. The Balaban J connectivity index is 2.04. The third-order valence-electron chi connectivity index (χ3n) is 4.07. The fourth-order valence-electron chi connectivity index (χ4n) is 2.72. The molecule has 7 nitrogen and oxygen atoms in total. The van der Waals surface area contributed by atoms with Crippen LogP contribution in [-0.2, 0) is 11.3 Å². The Morgan fingerprint density at radius 2 is 2.22 bits per heavy atom. The minimum absolute atomic E-state index is 0.0714. The lowest BCUT2D eigenvalue weighted by molar-refractivity contribution is -0.0504. The average molecular weight is 386 g/mol. The number of hydrogen-bond acceptors (Lipinski definition) is 5. The standard InChI is InChI=1S/C18H28F2N4O3/c1-4-21-18(23-11-15-12-24(2)7-8-26-15)22-10-13-9-14(25-3)5-6-16(13)27-17(19)20/h5-6,9,15,17H,4,7-8,10-12H2,1-3H3,(H2,21,22,23). The lowest BCUT2D eigenvalue weighted by Crippen LogP contribution is -2.48. The smallest absolute Gasteiger partial charge is 0.387 e. The van der Waals surface area contributed by atoms with Crippen LogP contribution < -0.4 is 20.1 Å². The average Bonchev–Trinajstić information content (AvgIpc) is 2.64. The van der Waals surface area contributed by atoms with Crippen LogP contribution in [0.2, 0.25) is 0 Å². The van der Waals surface area contributed by atoms with Crippen LogP contribution in [-0.4, -0.2) is 70.5 Å². The number of hydrogen-bond donors (Lipinski definition) is 2. The topological polar surface area (TPSA) is 67.4 Å². The van der Waals surface area contributed by atoms with Gasteiger partial charge >= 0.3 is 6.61 Å². The van der Waals surface area contributed by atoms with E-state index in [2.05, 4.69) is 32.3 Å².